The lowest BCUT2D eigenvalue weighted by atomic mass is 10.1. The van der Waals surface area contributed by atoms with Crippen LogP contribution in [0.4, 0.5) is 13.2 Å². The molecule has 0 atom stereocenters. The molecule has 2 aromatic carbocycles. The quantitative estimate of drug-likeness (QED) is 0.401. The molecule has 10 heteroatoms. The van der Waals surface area contributed by atoms with Gasteiger partial charge in [0.2, 0.25) is 17.5 Å². The Morgan fingerprint density at radius 2 is 1.41 bits per heavy atom. The Hall–Kier alpha value is -3.14. The Labute approximate surface area is 167 Å². The molecule has 0 saturated heterocycles. The normalized spacial score (nSPS) is 11.7. The SMILES string of the molecule is Cc1ccc(-c2noc(CSc3nc(-c4ccc(C(F)(F)F)cc4)no3)n2)cc1. The number of rotatable bonds is 5. The summed E-state index contributed by atoms with van der Waals surface area (Å²) in [5.74, 6) is 1.39. The molecule has 2 aromatic heterocycles. The van der Waals surface area contributed by atoms with Crippen LogP contribution in [0.5, 0.6) is 0 Å². The number of aryl methyl sites for hydroxylation is 1. The smallest absolute Gasteiger partial charge is 0.338 e. The lowest BCUT2D eigenvalue weighted by Crippen LogP contribution is -2.04. The van der Waals surface area contributed by atoms with Gasteiger partial charge in [-0.05, 0) is 19.1 Å². The Kier molecular flexibility index (Phi) is 5.10. The van der Waals surface area contributed by atoms with E-state index in [4.69, 9.17) is 9.05 Å². The number of halogens is 3. The van der Waals surface area contributed by atoms with Crippen molar-refractivity contribution in [3.8, 4) is 22.8 Å². The molecule has 0 spiro atoms. The molecule has 4 rings (SSSR count). The van der Waals surface area contributed by atoms with Crippen molar-refractivity contribution >= 4 is 11.8 Å². The first-order valence-corrected chi connectivity index (χ1v) is 9.41. The summed E-state index contributed by atoms with van der Waals surface area (Å²) in [5.41, 5.74) is 1.67. The van der Waals surface area contributed by atoms with Crippen LogP contribution in [0.1, 0.15) is 17.0 Å². The van der Waals surface area contributed by atoms with Gasteiger partial charge in [-0.2, -0.15) is 23.1 Å². The van der Waals surface area contributed by atoms with Crippen molar-refractivity contribution < 1.29 is 22.2 Å². The highest BCUT2D eigenvalue weighted by molar-refractivity contribution is 7.98. The third kappa shape index (κ3) is 4.48. The highest BCUT2D eigenvalue weighted by Crippen LogP contribution is 2.31. The van der Waals surface area contributed by atoms with E-state index in [-0.39, 0.29) is 11.0 Å². The van der Waals surface area contributed by atoms with E-state index in [1.165, 1.54) is 23.9 Å². The van der Waals surface area contributed by atoms with Gasteiger partial charge in [-0.15, -0.1) is 0 Å². The first kappa shape index (κ1) is 19.2. The Bertz CT molecular complexity index is 1110. The van der Waals surface area contributed by atoms with Crippen LogP contribution in [0, 0.1) is 6.92 Å². The van der Waals surface area contributed by atoms with Gasteiger partial charge < -0.3 is 9.05 Å². The van der Waals surface area contributed by atoms with Crippen molar-refractivity contribution in [3.63, 3.8) is 0 Å². The van der Waals surface area contributed by atoms with Crippen LogP contribution in [0.3, 0.4) is 0 Å². The van der Waals surface area contributed by atoms with Gasteiger partial charge in [0.05, 0.1) is 11.3 Å². The van der Waals surface area contributed by atoms with Crippen LogP contribution in [0.25, 0.3) is 22.8 Å². The topological polar surface area (TPSA) is 77.8 Å². The van der Waals surface area contributed by atoms with E-state index in [0.29, 0.717) is 23.0 Å². The van der Waals surface area contributed by atoms with Crippen LogP contribution in [0.2, 0.25) is 0 Å². The van der Waals surface area contributed by atoms with Crippen LogP contribution in [-0.2, 0) is 11.9 Å². The molecule has 0 N–H and O–H groups in total. The van der Waals surface area contributed by atoms with E-state index < -0.39 is 11.7 Å². The van der Waals surface area contributed by atoms with Gasteiger partial charge in [-0.1, -0.05) is 64.0 Å². The third-order valence-electron chi connectivity index (χ3n) is 3.97. The molecule has 2 heterocycles. The molecule has 0 saturated carbocycles. The number of nitrogens with zero attached hydrogens (tertiary/aromatic N) is 4. The standard InChI is InChI=1S/C19H13F3N4O2S/c1-11-2-4-12(5-3-11)16-23-15(27-25-16)10-29-18-24-17(26-28-18)13-6-8-14(9-7-13)19(20,21)22/h2-9H,10H2,1H3. The number of hydrogen-bond acceptors (Lipinski definition) is 7. The Morgan fingerprint density at radius 3 is 2.07 bits per heavy atom. The summed E-state index contributed by atoms with van der Waals surface area (Å²) in [6, 6.07) is 12.3. The number of benzene rings is 2. The van der Waals surface area contributed by atoms with Crippen LogP contribution in [-0.4, -0.2) is 20.3 Å². The molecule has 0 radical (unpaired) electrons. The number of thioether (sulfide) groups is 1. The fraction of sp³-hybridized carbons (Fsp3) is 0.158. The van der Waals surface area contributed by atoms with Crippen molar-refractivity contribution in [1.29, 1.82) is 0 Å². The monoisotopic (exact) mass is 418 g/mol. The maximum Gasteiger partial charge on any atom is 0.416 e. The second kappa shape index (κ2) is 7.70. The lowest BCUT2D eigenvalue weighted by molar-refractivity contribution is -0.137. The molecule has 6 nitrogen and oxygen atoms in total. The predicted molar refractivity (Wildman–Crippen MR) is 98.8 cm³/mol. The van der Waals surface area contributed by atoms with Gasteiger partial charge in [-0.3, -0.25) is 0 Å². The average molecular weight is 418 g/mol. The van der Waals surface area contributed by atoms with Gasteiger partial charge in [-0.25, -0.2) is 0 Å². The van der Waals surface area contributed by atoms with Gasteiger partial charge in [0.15, 0.2) is 0 Å². The molecule has 0 bridgehead atoms. The fourth-order valence-corrected chi connectivity index (χ4v) is 3.06. The molecule has 0 aliphatic rings. The van der Waals surface area contributed by atoms with Crippen LogP contribution in [0.15, 0.2) is 62.8 Å². The minimum absolute atomic E-state index is 0.201. The summed E-state index contributed by atoms with van der Waals surface area (Å²) in [6.07, 6.45) is -4.39. The lowest BCUT2D eigenvalue weighted by Gasteiger charge is -2.05. The first-order chi connectivity index (χ1) is 13.9. The van der Waals surface area contributed by atoms with Crippen LogP contribution >= 0.6 is 11.8 Å². The number of hydrogen-bond donors (Lipinski definition) is 0. The van der Waals surface area contributed by atoms with E-state index in [1.807, 2.05) is 31.2 Å². The zero-order valence-electron chi connectivity index (χ0n) is 15.0. The third-order valence-corrected chi connectivity index (χ3v) is 4.78. The van der Waals surface area contributed by atoms with E-state index >= 15 is 0 Å². The first-order valence-electron chi connectivity index (χ1n) is 8.42. The summed E-state index contributed by atoms with van der Waals surface area (Å²) in [4.78, 5) is 8.50. The van der Waals surface area contributed by atoms with Crippen molar-refractivity contribution in [2.45, 2.75) is 24.1 Å². The Morgan fingerprint density at radius 1 is 0.828 bits per heavy atom. The van der Waals surface area contributed by atoms with Gasteiger partial charge in [0, 0.05) is 11.1 Å². The molecule has 0 aliphatic carbocycles. The molecular weight excluding hydrogens is 405 g/mol. The molecule has 148 valence electrons. The molecular formula is C19H13F3N4O2S. The molecule has 4 aromatic rings. The summed E-state index contributed by atoms with van der Waals surface area (Å²) < 4.78 is 48.3. The minimum atomic E-state index is -4.39. The summed E-state index contributed by atoms with van der Waals surface area (Å²) in [5, 5.41) is 7.99. The zero-order valence-corrected chi connectivity index (χ0v) is 15.8. The van der Waals surface area contributed by atoms with Gasteiger partial charge in [0.25, 0.3) is 5.22 Å². The molecule has 0 amide bonds. The van der Waals surface area contributed by atoms with Crippen molar-refractivity contribution in [2.75, 3.05) is 0 Å². The molecule has 0 unspecified atom stereocenters. The van der Waals surface area contributed by atoms with Crippen molar-refractivity contribution in [3.05, 3.63) is 65.5 Å². The van der Waals surface area contributed by atoms with Crippen molar-refractivity contribution in [2.24, 2.45) is 0 Å². The second-order valence-electron chi connectivity index (χ2n) is 6.13. The summed E-state index contributed by atoms with van der Waals surface area (Å²) >= 11 is 1.19. The summed E-state index contributed by atoms with van der Waals surface area (Å²) in [6.45, 7) is 1.99. The van der Waals surface area contributed by atoms with E-state index in [0.717, 1.165) is 23.3 Å². The zero-order chi connectivity index (χ0) is 20.4. The van der Waals surface area contributed by atoms with E-state index in [1.54, 1.807) is 0 Å². The maximum atomic E-state index is 12.6. The van der Waals surface area contributed by atoms with Gasteiger partial charge >= 0.3 is 6.18 Å². The van der Waals surface area contributed by atoms with Crippen molar-refractivity contribution in [1.82, 2.24) is 20.3 Å². The minimum Gasteiger partial charge on any atom is -0.338 e. The highest BCUT2D eigenvalue weighted by atomic mass is 32.2. The fourth-order valence-electron chi connectivity index (χ4n) is 2.45. The second-order valence-corrected chi connectivity index (χ2v) is 7.05. The molecule has 0 fully saturated rings. The Balaban J connectivity index is 1.40. The van der Waals surface area contributed by atoms with Crippen LogP contribution < -0.4 is 0 Å². The average Bonchev–Trinajstić information content (AvgIpc) is 3.36. The largest absolute Gasteiger partial charge is 0.416 e. The summed E-state index contributed by atoms with van der Waals surface area (Å²) in [7, 11) is 0. The van der Waals surface area contributed by atoms with E-state index in [9.17, 15) is 13.2 Å². The molecule has 0 aliphatic heterocycles. The number of aromatic nitrogens is 4. The van der Waals surface area contributed by atoms with E-state index in [2.05, 4.69) is 20.3 Å². The molecule has 29 heavy (non-hydrogen) atoms. The predicted octanol–water partition coefficient (Wildman–Crippen LogP) is 5.41. The number of alkyl halides is 3. The highest BCUT2D eigenvalue weighted by Gasteiger charge is 2.30. The maximum absolute atomic E-state index is 12.6. The van der Waals surface area contributed by atoms with Gasteiger partial charge in [0.1, 0.15) is 0 Å².